The zero-order valence-electron chi connectivity index (χ0n) is 49.2. The third-order valence-corrected chi connectivity index (χ3v) is 15.3. The van der Waals surface area contributed by atoms with E-state index in [0.29, 0.717) is 0 Å². The van der Waals surface area contributed by atoms with Crippen LogP contribution in [0.5, 0.6) is 11.5 Å². The molecule has 18 heteroatoms. The molecule has 6 fully saturated rings. The summed E-state index contributed by atoms with van der Waals surface area (Å²) in [5.41, 5.74) is 4.29. The summed E-state index contributed by atoms with van der Waals surface area (Å²) >= 11 is 0. The first-order valence-electron chi connectivity index (χ1n) is 29.9. The van der Waals surface area contributed by atoms with Crippen molar-refractivity contribution < 1.29 is 53.2 Å². The van der Waals surface area contributed by atoms with E-state index in [-0.39, 0.29) is 46.0 Å². The Hall–Kier alpha value is -4.18. The number of nitrogens with one attached hydrogen (secondary N) is 2. The molecule has 4 heterocycles. The second-order valence-electron chi connectivity index (χ2n) is 21.2. The van der Waals surface area contributed by atoms with Crippen LogP contribution in [0.4, 0.5) is 11.4 Å². The van der Waals surface area contributed by atoms with E-state index in [9.17, 15) is 9.59 Å². The number of rotatable bonds is 29. The summed E-state index contributed by atoms with van der Waals surface area (Å²) in [5.74, 6) is 5.69. The maximum absolute atomic E-state index is 11.9. The number of carbonyl (C=O) groups excluding carboxylic acids is 2. The van der Waals surface area contributed by atoms with Gasteiger partial charge >= 0.3 is 34.1 Å². The number of hydrogen-bond acceptors (Lipinski definition) is 12. The average molecular weight is 1220 g/mol. The van der Waals surface area contributed by atoms with Crippen LogP contribution in [0.3, 0.4) is 0 Å². The average Bonchev–Trinajstić information content (AvgIpc) is 4.48. The molecule has 2 aromatic carbocycles. The predicted molar refractivity (Wildman–Crippen MR) is 325 cm³/mol. The predicted octanol–water partition coefficient (Wildman–Crippen LogP) is 8.43. The Balaban J connectivity index is 0.000000202. The first kappa shape index (κ1) is 68.9. The maximum atomic E-state index is 11.9. The Morgan fingerprint density at radius 1 is 0.429 bits per heavy atom. The van der Waals surface area contributed by atoms with Gasteiger partial charge in [0.15, 0.2) is 0 Å². The molecule has 0 spiro atoms. The van der Waals surface area contributed by atoms with Crippen molar-refractivity contribution in [2.45, 2.75) is 90.1 Å². The van der Waals surface area contributed by atoms with Crippen LogP contribution >= 0.6 is 0 Å². The van der Waals surface area contributed by atoms with Gasteiger partial charge in [-0.1, -0.05) is 86.1 Å². The maximum Gasteiger partial charge on any atom is 2.00 e. The number of ether oxygens (including phenoxy) is 2. The number of para-hydroxylation sites is 4. The van der Waals surface area contributed by atoms with Crippen LogP contribution in [0.2, 0.25) is 0 Å². The van der Waals surface area contributed by atoms with Crippen LogP contribution in [-0.4, -0.2) is 144 Å². The second-order valence-corrected chi connectivity index (χ2v) is 21.2. The third kappa shape index (κ3) is 23.2. The molecular formula is C66H86Fe2N12O4+4. The molecule has 2 aromatic heterocycles. The first-order chi connectivity index (χ1) is 40.4. The van der Waals surface area contributed by atoms with Gasteiger partial charge in [-0.2, -0.15) is 0 Å². The number of piperazine rings is 2. The van der Waals surface area contributed by atoms with Gasteiger partial charge in [-0.3, -0.25) is 28.8 Å². The van der Waals surface area contributed by atoms with Gasteiger partial charge in [-0.25, -0.2) is 0 Å². The van der Waals surface area contributed by atoms with Crippen molar-refractivity contribution in [1.29, 1.82) is 0 Å². The van der Waals surface area contributed by atoms with Gasteiger partial charge in [0.05, 0.1) is 48.8 Å². The Kier molecular flexibility index (Phi) is 32.5. The Morgan fingerprint density at radius 3 is 1.12 bits per heavy atom. The van der Waals surface area contributed by atoms with E-state index >= 15 is 0 Å². The summed E-state index contributed by atoms with van der Waals surface area (Å²) in [7, 11) is 3.44. The van der Waals surface area contributed by atoms with Crippen LogP contribution in [0.25, 0.3) is 0 Å². The molecule has 10 rings (SSSR count). The molecule has 0 atom stereocenters. The van der Waals surface area contributed by atoms with E-state index in [2.05, 4.69) is 113 Å². The Bertz CT molecular complexity index is 2220. The molecule has 16 nitrogen and oxygen atoms in total. The SMILES string of the molecule is COc1ccccc1N1CCN(CCCNC(=O)[C]2[CH][CH][CH][CH]2)CC1.COc1ccccc1N1CCN(CCCNC(=O)[C]2[CH][CH][CH][CH]2)CC1.[CH]1[CH][CH][C](c2cn(CCCCCCCCCCCCn3cc([C]4[CH][CH][CH][CH]4)nn3)nn2)[CH]1.[Fe+2].[Fe+2]. The van der Waals surface area contributed by atoms with Crippen LogP contribution < -0.4 is 29.9 Å². The van der Waals surface area contributed by atoms with Crippen LogP contribution in [0.1, 0.15) is 88.4 Å². The number of nitrogens with zero attached hydrogens (tertiary/aromatic N) is 10. The summed E-state index contributed by atoms with van der Waals surface area (Å²) in [6, 6.07) is 16.4. The van der Waals surface area contributed by atoms with E-state index in [1.807, 2.05) is 111 Å². The van der Waals surface area contributed by atoms with E-state index in [1.165, 1.54) is 75.6 Å². The van der Waals surface area contributed by atoms with Gasteiger partial charge in [-0.05, 0) is 166 Å². The van der Waals surface area contributed by atoms with E-state index in [1.54, 1.807) is 14.2 Å². The number of unbranched alkanes of at least 4 members (excludes halogenated alkanes) is 9. The zero-order valence-corrected chi connectivity index (χ0v) is 51.4. The molecule has 2 aliphatic heterocycles. The summed E-state index contributed by atoms with van der Waals surface area (Å²) in [6.07, 6.45) is 50.4. The van der Waals surface area contributed by atoms with Crippen molar-refractivity contribution in [1.82, 2.24) is 50.4 Å². The summed E-state index contributed by atoms with van der Waals surface area (Å²) < 4.78 is 14.9. The number of carbonyl (C=O) groups is 2. The summed E-state index contributed by atoms with van der Waals surface area (Å²) in [5, 5.41) is 23.0. The smallest absolute Gasteiger partial charge is 0.495 e. The third-order valence-electron chi connectivity index (χ3n) is 15.3. The summed E-state index contributed by atoms with van der Waals surface area (Å²) in [6.45, 7) is 13.5. The van der Waals surface area contributed by atoms with Gasteiger partial charge in [0.2, 0.25) is 11.8 Å². The molecule has 2 saturated heterocycles. The first-order valence-corrected chi connectivity index (χ1v) is 29.9. The molecule has 4 aromatic rings. The monoisotopic (exact) mass is 1220 g/mol. The fourth-order valence-electron chi connectivity index (χ4n) is 10.6. The molecule has 20 radical (unpaired) electrons. The minimum Gasteiger partial charge on any atom is -0.495 e. The van der Waals surface area contributed by atoms with Crippen LogP contribution in [0, 0.1) is 126 Å². The van der Waals surface area contributed by atoms with E-state index < -0.39 is 0 Å². The van der Waals surface area contributed by atoms with Crippen molar-refractivity contribution in [3.05, 3.63) is 199 Å². The molecule has 6 aliphatic rings. The molecule has 84 heavy (non-hydrogen) atoms. The Morgan fingerprint density at radius 2 is 0.762 bits per heavy atom. The Labute approximate surface area is 526 Å². The largest absolute Gasteiger partial charge is 2.00 e. The number of benzene rings is 2. The topological polar surface area (TPSA) is 151 Å². The standard InChI is InChI=1S/C26H34N6.2C20H26N3O2.2Fe/c1(3-5-7-13-19-31-21-25(27-29-31)23-15-9-10-16-23)2-4-6-8-14-20-32-22-26(28-30-32)24-17-11-12-18-24;2*1-25-19-10-5-4-9-18(19)23-15-13-22(14-16-23)12-6-11-21-20(24)17-7-2-3-8-17;;/h9-12,15-18,21-22H,1-8,13-14,19-20H2;2*2-5,7-10H,6,11-16H2,1H3,(H,21,24);;/q;;;2*+2. The van der Waals surface area contributed by atoms with Crippen molar-refractivity contribution in [3.63, 3.8) is 0 Å². The van der Waals surface area contributed by atoms with Crippen molar-refractivity contribution in [3.8, 4) is 11.5 Å². The van der Waals surface area contributed by atoms with Gasteiger partial charge in [0.25, 0.3) is 0 Å². The molecule has 4 saturated carbocycles. The number of aromatic nitrogens is 6. The number of methoxy groups -OCH3 is 2. The van der Waals surface area contributed by atoms with Crippen molar-refractivity contribution in [2.24, 2.45) is 0 Å². The summed E-state index contributed by atoms with van der Waals surface area (Å²) in [4.78, 5) is 33.4. The molecule has 0 unspecified atom stereocenters. The molecule has 2 N–H and O–H groups in total. The number of amides is 2. The molecule has 0 bridgehead atoms. The van der Waals surface area contributed by atoms with Gasteiger partial charge < -0.3 is 29.9 Å². The number of anilines is 2. The number of hydrogen-bond donors (Lipinski definition) is 2. The minimum absolute atomic E-state index is 0. The number of aryl methyl sites for hydroxylation is 2. The zero-order chi connectivity index (χ0) is 56.8. The van der Waals surface area contributed by atoms with Gasteiger partial charge in [0.1, 0.15) is 11.5 Å². The van der Waals surface area contributed by atoms with E-state index in [0.717, 1.165) is 151 Å². The molecule has 446 valence electrons. The fraction of sp³-hybridized carbons (Fsp3) is 0.424. The van der Waals surface area contributed by atoms with Gasteiger partial charge in [-0.15, -0.1) is 10.2 Å². The quantitative estimate of drug-likeness (QED) is 0.0397. The normalized spacial score (nSPS) is 18.1. The van der Waals surface area contributed by atoms with Crippen LogP contribution in [-0.2, 0) is 56.8 Å². The van der Waals surface area contributed by atoms with Gasteiger partial charge in [0, 0.05) is 103 Å². The minimum atomic E-state index is 0. The van der Waals surface area contributed by atoms with Crippen LogP contribution in [0.15, 0.2) is 60.9 Å². The molecule has 2 amide bonds. The van der Waals surface area contributed by atoms with Crippen molar-refractivity contribution >= 4 is 23.2 Å². The fourth-order valence-corrected chi connectivity index (χ4v) is 10.6. The van der Waals surface area contributed by atoms with E-state index in [4.69, 9.17) is 9.47 Å². The molecule has 4 aliphatic carbocycles. The van der Waals surface area contributed by atoms with Crippen molar-refractivity contribution in [2.75, 3.05) is 103 Å². The molecular weight excluding hydrogens is 1140 g/mol. The second kappa shape index (κ2) is 39.6.